The van der Waals surface area contributed by atoms with E-state index in [0.29, 0.717) is 30.2 Å². The Morgan fingerprint density at radius 3 is 2.54 bits per heavy atom. The van der Waals surface area contributed by atoms with Gasteiger partial charge in [-0.05, 0) is 42.8 Å². The third-order valence-corrected chi connectivity index (χ3v) is 3.72. The molecule has 0 aromatic heterocycles. The van der Waals surface area contributed by atoms with Crippen LogP contribution in [0.3, 0.4) is 0 Å². The van der Waals surface area contributed by atoms with Gasteiger partial charge in [0.15, 0.2) is 6.29 Å². The molecule has 1 fully saturated rings. The Bertz CT molecular complexity index is 708. The number of carbonyl (C=O) groups is 1. The van der Waals surface area contributed by atoms with Crippen LogP contribution >= 0.6 is 0 Å². The van der Waals surface area contributed by atoms with E-state index in [-0.39, 0.29) is 11.7 Å². The standard InChI is InChI=1S/C18H19NO5/c1-22-14-6-3-12(4-7-14)17(21)19-15-11-13(5-8-16(15)20)18-23-9-2-10-24-18/h3-8,11,18,20H,2,9-10H2,1H3,(H,19,21). The van der Waals surface area contributed by atoms with Crippen LogP contribution in [0.25, 0.3) is 0 Å². The predicted molar refractivity (Wildman–Crippen MR) is 88.3 cm³/mol. The normalized spacial score (nSPS) is 15.0. The van der Waals surface area contributed by atoms with E-state index in [2.05, 4.69) is 5.32 Å². The summed E-state index contributed by atoms with van der Waals surface area (Å²) in [6, 6.07) is 11.6. The Balaban J connectivity index is 1.76. The average molecular weight is 329 g/mol. The quantitative estimate of drug-likeness (QED) is 0.843. The molecule has 0 radical (unpaired) electrons. The van der Waals surface area contributed by atoms with E-state index in [1.54, 1.807) is 43.5 Å². The number of anilines is 1. The molecule has 126 valence electrons. The van der Waals surface area contributed by atoms with Crippen LogP contribution in [0, 0.1) is 0 Å². The van der Waals surface area contributed by atoms with Crippen molar-refractivity contribution in [2.45, 2.75) is 12.7 Å². The summed E-state index contributed by atoms with van der Waals surface area (Å²) in [5.74, 6) is 0.329. The maximum Gasteiger partial charge on any atom is 0.255 e. The van der Waals surface area contributed by atoms with Crippen molar-refractivity contribution in [2.75, 3.05) is 25.6 Å². The zero-order valence-electron chi connectivity index (χ0n) is 13.3. The molecule has 0 bridgehead atoms. The van der Waals surface area contributed by atoms with Crippen molar-refractivity contribution in [3.8, 4) is 11.5 Å². The number of carbonyl (C=O) groups excluding carboxylic acids is 1. The monoisotopic (exact) mass is 329 g/mol. The number of methoxy groups -OCH3 is 1. The summed E-state index contributed by atoms with van der Waals surface area (Å²) in [5.41, 5.74) is 1.52. The van der Waals surface area contributed by atoms with Crippen LogP contribution in [0.1, 0.15) is 28.6 Å². The number of phenols is 1. The molecule has 1 heterocycles. The second-order valence-electron chi connectivity index (χ2n) is 5.39. The molecule has 1 saturated heterocycles. The molecule has 6 heteroatoms. The maximum absolute atomic E-state index is 12.3. The SMILES string of the molecule is COc1ccc(C(=O)Nc2cc(C3OCCCO3)ccc2O)cc1. The van der Waals surface area contributed by atoms with Crippen LogP contribution in [-0.2, 0) is 9.47 Å². The van der Waals surface area contributed by atoms with Crippen molar-refractivity contribution >= 4 is 11.6 Å². The van der Waals surface area contributed by atoms with Gasteiger partial charge in [0.05, 0.1) is 26.0 Å². The first-order valence-electron chi connectivity index (χ1n) is 7.69. The van der Waals surface area contributed by atoms with Gasteiger partial charge in [-0.2, -0.15) is 0 Å². The first kappa shape index (κ1) is 16.3. The molecule has 2 aromatic carbocycles. The lowest BCUT2D eigenvalue weighted by Crippen LogP contribution is -2.18. The Labute approximate surface area is 140 Å². The third-order valence-electron chi connectivity index (χ3n) is 3.72. The number of phenolic OH excluding ortho intramolecular Hbond substituents is 1. The highest BCUT2D eigenvalue weighted by Crippen LogP contribution is 2.30. The van der Waals surface area contributed by atoms with Crippen molar-refractivity contribution in [1.82, 2.24) is 0 Å². The van der Waals surface area contributed by atoms with E-state index >= 15 is 0 Å². The van der Waals surface area contributed by atoms with Crippen LogP contribution < -0.4 is 10.1 Å². The lowest BCUT2D eigenvalue weighted by Gasteiger charge is -2.24. The minimum atomic E-state index is -0.476. The molecule has 2 aromatic rings. The Morgan fingerprint density at radius 2 is 1.88 bits per heavy atom. The minimum Gasteiger partial charge on any atom is -0.506 e. The van der Waals surface area contributed by atoms with Gasteiger partial charge in [0.25, 0.3) is 5.91 Å². The molecule has 0 spiro atoms. The van der Waals surface area contributed by atoms with Crippen molar-refractivity contribution in [3.63, 3.8) is 0 Å². The molecule has 1 amide bonds. The number of hydrogen-bond donors (Lipinski definition) is 2. The van der Waals surface area contributed by atoms with Crippen LogP contribution in [0.2, 0.25) is 0 Å². The molecule has 2 N–H and O–H groups in total. The lowest BCUT2D eigenvalue weighted by molar-refractivity contribution is -0.183. The van der Waals surface area contributed by atoms with Crippen molar-refractivity contribution < 1.29 is 24.1 Å². The zero-order chi connectivity index (χ0) is 16.9. The Kier molecular flexibility index (Phi) is 4.98. The number of nitrogens with one attached hydrogen (secondary N) is 1. The summed E-state index contributed by atoms with van der Waals surface area (Å²) in [6.45, 7) is 1.25. The number of amides is 1. The topological polar surface area (TPSA) is 77.0 Å². The molecular formula is C18H19NO5. The summed E-state index contributed by atoms with van der Waals surface area (Å²) in [5, 5.41) is 12.7. The fourth-order valence-corrected chi connectivity index (χ4v) is 2.42. The van der Waals surface area contributed by atoms with E-state index in [1.165, 1.54) is 6.07 Å². The number of benzene rings is 2. The summed E-state index contributed by atoms with van der Waals surface area (Å²) in [7, 11) is 1.56. The van der Waals surface area contributed by atoms with Gasteiger partial charge in [-0.1, -0.05) is 6.07 Å². The highest BCUT2D eigenvalue weighted by molar-refractivity contribution is 6.05. The molecule has 1 aliphatic rings. The zero-order valence-corrected chi connectivity index (χ0v) is 13.3. The van der Waals surface area contributed by atoms with Crippen LogP contribution in [-0.4, -0.2) is 31.3 Å². The second-order valence-corrected chi connectivity index (χ2v) is 5.39. The highest BCUT2D eigenvalue weighted by Gasteiger charge is 2.18. The molecule has 0 atom stereocenters. The predicted octanol–water partition coefficient (Wildman–Crippen LogP) is 3.09. The van der Waals surface area contributed by atoms with Gasteiger partial charge in [0, 0.05) is 11.1 Å². The smallest absolute Gasteiger partial charge is 0.255 e. The van der Waals surface area contributed by atoms with E-state index in [0.717, 1.165) is 12.0 Å². The summed E-state index contributed by atoms with van der Waals surface area (Å²) in [4.78, 5) is 12.3. The molecular weight excluding hydrogens is 310 g/mol. The lowest BCUT2D eigenvalue weighted by atomic mass is 10.1. The molecule has 6 nitrogen and oxygen atoms in total. The first-order valence-corrected chi connectivity index (χ1v) is 7.69. The highest BCUT2D eigenvalue weighted by atomic mass is 16.7. The molecule has 3 rings (SSSR count). The van der Waals surface area contributed by atoms with E-state index in [1.807, 2.05) is 0 Å². The number of ether oxygens (including phenoxy) is 3. The van der Waals surface area contributed by atoms with Crippen LogP contribution in [0.5, 0.6) is 11.5 Å². The fraction of sp³-hybridized carbons (Fsp3) is 0.278. The third kappa shape index (κ3) is 3.67. The molecule has 24 heavy (non-hydrogen) atoms. The Hall–Kier alpha value is -2.57. The van der Waals surface area contributed by atoms with Gasteiger partial charge in [-0.15, -0.1) is 0 Å². The number of hydrogen-bond acceptors (Lipinski definition) is 5. The molecule has 0 unspecified atom stereocenters. The van der Waals surface area contributed by atoms with Gasteiger partial charge >= 0.3 is 0 Å². The summed E-state index contributed by atoms with van der Waals surface area (Å²) < 4.78 is 16.2. The van der Waals surface area contributed by atoms with Crippen LogP contribution in [0.15, 0.2) is 42.5 Å². The number of rotatable bonds is 4. The van der Waals surface area contributed by atoms with Gasteiger partial charge in [0.1, 0.15) is 11.5 Å². The second kappa shape index (κ2) is 7.33. The van der Waals surface area contributed by atoms with Gasteiger partial charge < -0.3 is 24.6 Å². The molecule has 0 saturated carbocycles. The summed E-state index contributed by atoms with van der Waals surface area (Å²) >= 11 is 0. The maximum atomic E-state index is 12.3. The summed E-state index contributed by atoms with van der Waals surface area (Å²) in [6.07, 6.45) is 0.381. The molecule has 0 aliphatic carbocycles. The van der Waals surface area contributed by atoms with Crippen LogP contribution in [0.4, 0.5) is 5.69 Å². The van der Waals surface area contributed by atoms with Gasteiger partial charge in [-0.3, -0.25) is 4.79 Å². The fourth-order valence-electron chi connectivity index (χ4n) is 2.42. The Morgan fingerprint density at radius 1 is 1.17 bits per heavy atom. The first-order chi connectivity index (χ1) is 11.7. The van der Waals surface area contributed by atoms with E-state index in [4.69, 9.17) is 14.2 Å². The minimum absolute atomic E-state index is 0.0172. The number of aromatic hydroxyl groups is 1. The van der Waals surface area contributed by atoms with Crippen molar-refractivity contribution in [1.29, 1.82) is 0 Å². The molecule has 1 aliphatic heterocycles. The average Bonchev–Trinajstić information content (AvgIpc) is 2.64. The van der Waals surface area contributed by atoms with E-state index < -0.39 is 6.29 Å². The van der Waals surface area contributed by atoms with Gasteiger partial charge in [0.2, 0.25) is 0 Å². The van der Waals surface area contributed by atoms with Gasteiger partial charge in [-0.25, -0.2) is 0 Å². The largest absolute Gasteiger partial charge is 0.506 e. The van der Waals surface area contributed by atoms with Crippen molar-refractivity contribution in [2.24, 2.45) is 0 Å². The van der Waals surface area contributed by atoms with E-state index in [9.17, 15) is 9.90 Å². The van der Waals surface area contributed by atoms with Crippen molar-refractivity contribution in [3.05, 3.63) is 53.6 Å².